The maximum Gasteiger partial charge on any atom is 0.318 e. The normalized spacial score (nSPS) is 19.7. The van der Waals surface area contributed by atoms with Crippen LogP contribution >= 0.6 is 0 Å². The van der Waals surface area contributed by atoms with Crippen molar-refractivity contribution < 1.29 is 4.79 Å². The number of carbonyl (C=O) groups is 1. The summed E-state index contributed by atoms with van der Waals surface area (Å²) in [6, 6.07) is 8.63. The molecule has 1 aromatic carbocycles. The minimum Gasteiger partial charge on any atom is -0.336 e. The van der Waals surface area contributed by atoms with Gasteiger partial charge in [0, 0.05) is 19.6 Å². The molecule has 1 unspecified atom stereocenters. The van der Waals surface area contributed by atoms with E-state index in [9.17, 15) is 4.79 Å². The molecular weight excluding hydrogens is 238 g/mol. The Balaban J connectivity index is 2.20. The topological polar surface area (TPSA) is 58.4 Å². The third kappa shape index (κ3) is 2.89. The first-order valence-corrected chi connectivity index (χ1v) is 6.78. The number of nitrogens with two attached hydrogens (primary N) is 1. The molecule has 4 nitrogen and oxygen atoms in total. The zero-order valence-corrected chi connectivity index (χ0v) is 11.9. The van der Waals surface area contributed by atoms with Gasteiger partial charge in [-0.1, -0.05) is 45.0 Å². The summed E-state index contributed by atoms with van der Waals surface area (Å²) >= 11 is 0. The number of hydrogen-bond donors (Lipinski definition) is 2. The van der Waals surface area contributed by atoms with Gasteiger partial charge in [0.25, 0.3) is 0 Å². The molecule has 19 heavy (non-hydrogen) atoms. The fraction of sp³-hybridized carbons (Fsp3) is 0.533. The fourth-order valence-electron chi connectivity index (χ4n) is 2.44. The van der Waals surface area contributed by atoms with Gasteiger partial charge < -0.3 is 16.0 Å². The maximum atomic E-state index is 11.7. The van der Waals surface area contributed by atoms with Crippen LogP contribution < -0.4 is 11.1 Å². The molecule has 0 spiro atoms. The monoisotopic (exact) mass is 261 g/mol. The molecular formula is C15H23N3O. The minimum atomic E-state index is -0.0182. The lowest BCUT2D eigenvalue weighted by atomic mass is 9.86. The number of rotatable bonds is 3. The summed E-state index contributed by atoms with van der Waals surface area (Å²) < 4.78 is 0. The van der Waals surface area contributed by atoms with Crippen molar-refractivity contribution in [2.45, 2.75) is 32.2 Å². The Labute approximate surface area is 115 Å². The van der Waals surface area contributed by atoms with Gasteiger partial charge in [-0.3, -0.25) is 0 Å². The van der Waals surface area contributed by atoms with Gasteiger partial charge in [-0.05, 0) is 16.5 Å². The van der Waals surface area contributed by atoms with Crippen molar-refractivity contribution in [2.75, 3.05) is 19.6 Å². The quantitative estimate of drug-likeness (QED) is 0.874. The van der Waals surface area contributed by atoms with Gasteiger partial charge in [-0.2, -0.15) is 0 Å². The SMILES string of the molecule is CC(C)(C)c1ccc(C2CNC(=O)N2CCN)cc1. The number of nitrogens with one attached hydrogen (secondary N) is 1. The van der Waals surface area contributed by atoms with Crippen LogP contribution in [0.3, 0.4) is 0 Å². The Morgan fingerprint density at radius 3 is 2.47 bits per heavy atom. The Hall–Kier alpha value is -1.55. The second kappa shape index (κ2) is 5.21. The number of amides is 2. The van der Waals surface area contributed by atoms with Gasteiger partial charge in [0.2, 0.25) is 0 Å². The van der Waals surface area contributed by atoms with Gasteiger partial charge in [0.15, 0.2) is 0 Å². The smallest absolute Gasteiger partial charge is 0.318 e. The van der Waals surface area contributed by atoms with E-state index in [0.29, 0.717) is 19.6 Å². The van der Waals surface area contributed by atoms with Crippen molar-refractivity contribution in [1.29, 1.82) is 0 Å². The molecule has 0 bridgehead atoms. The molecule has 1 aromatic rings. The van der Waals surface area contributed by atoms with Crippen LogP contribution in [0, 0.1) is 0 Å². The molecule has 0 radical (unpaired) electrons. The molecule has 1 fully saturated rings. The average molecular weight is 261 g/mol. The summed E-state index contributed by atoms with van der Waals surface area (Å²) in [5.41, 5.74) is 8.19. The largest absolute Gasteiger partial charge is 0.336 e. The van der Waals surface area contributed by atoms with Crippen LogP contribution in [-0.2, 0) is 5.41 Å². The lowest BCUT2D eigenvalue weighted by Crippen LogP contribution is -2.34. The summed E-state index contributed by atoms with van der Waals surface area (Å²) in [5.74, 6) is 0. The van der Waals surface area contributed by atoms with Gasteiger partial charge in [-0.25, -0.2) is 4.79 Å². The van der Waals surface area contributed by atoms with Crippen molar-refractivity contribution in [1.82, 2.24) is 10.2 Å². The van der Waals surface area contributed by atoms with Gasteiger partial charge in [0.05, 0.1) is 6.04 Å². The lowest BCUT2D eigenvalue weighted by Gasteiger charge is -2.24. The van der Waals surface area contributed by atoms with Crippen LogP contribution in [-0.4, -0.2) is 30.6 Å². The molecule has 0 aliphatic carbocycles. The van der Waals surface area contributed by atoms with E-state index < -0.39 is 0 Å². The molecule has 104 valence electrons. The molecule has 0 aromatic heterocycles. The van der Waals surface area contributed by atoms with Crippen LogP contribution in [0.5, 0.6) is 0 Å². The van der Waals surface area contributed by atoms with Crippen LogP contribution in [0.15, 0.2) is 24.3 Å². The van der Waals surface area contributed by atoms with Gasteiger partial charge in [-0.15, -0.1) is 0 Å². The summed E-state index contributed by atoms with van der Waals surface area (Å²) in [6.45, 7) is 8.34. The summed E-state index contributed by atoms with van der Waals surface area (Å²) in [4.78, 5) is 13.5. The minimum absolute atomic E-state index is 0.0182. The van der Waals surface area contributed by atoms with Crippen LogP contribution in [0.2, 0.25) is 0 Å². The Bertz CT molecular complexity index is 447. The molecule has 3 N–H and O–H groups in total. The predicted molar refractivity (Wildman–Crippen MR) is 77.0 cm³/mol. The maximum absolute atomic E-state index is 11.7. The lowest BCUT2D eigenvalue weighted by molar-refractivity contribution is 0.206. The second-order valence-corrected chi connectivity index (χ2v) is 6.06. The highest BCUT2D eigenvalue weighted by atomic mass is 16.2. The van der Waals surface area contributed by atoms with E-state index in [1.807, 2.05) is 4.90 Å². The molecule has 1 heterocycles. The number of benzene rings is 1. The molecule has 4 heteroatoms. The second-order valence-electron chi connectivity index (χ2n) is 6.06. The molecule has 1 aliphatic rings. The van der Waals surface area contributed by atoms with E-state index in [-0.39, 0.29) is 17.5 Å². The van der Waals surface area contributed by atoms with E-state index in [1.165, 1.54) is 11.1 Å². The Kier molecular flexibility index (Phi) is 3.80. The zero-order valence-electron chi connectivity index (χ0n) is 11.9. The van der Waals surface area contributed by atoms with Crippen molar-refractivity contribution in [3.8, 4) is 0 Å². The highest BCUT2D eigenvalue weighted by molar-refractivity contribution is 5.77. The van der Waals surface area contributed by atoms with Crippen molar-refractivity contribution in [3.05, 3.63) is 35.4 Å². The molecule has 2 amide bonds. The summed E-state index contributed by atoms with van der Waals surface area (Å²) in [6.07, 6.45) is 0. The van der Waals surface area contributed by atoms with E-state index in [0.717, 1.165) is 0 Å². The van der Waals surface area contributed by atoms with Crippen molar-refractivity contribution >= 4 is 6.03 Å². The number of hydrogen-bond acceptors (Lipinski definition) is 2. The first kappa shape index (κ1) is 13.9. The Morgan fingerprint density at radius 2 is 1.95 bits per heavy atom. The first-order chi connectivity index (χ1) is 8.93. The highest BCUT2D eigenvalue weighted by Crippen LogP contribution is 2.27. The van der Waals surface area contributed by atoms with Gasteiger partial charge >= 0.3 is 6.03 Å². The van der Waals surface area contributed by atoms with Crippen molar-refractivity contribution in [3.63, 3.8) is 0 Å². The molecule has 2 rings (SSSR count). The first-order valence-electron chi connectivity index (χ1n) is 6.78. The third-order valence-electron chi connectivity index (χ3n) is 3.62. The molecule has 1 saturated heterocycles. The number of nitrogens with zero attached hydrogens (tertiary/aromatic N) is 1. The third-order valence-corrected chi connectivity index (χ3v) is 3.62. The van der Waals surface area contributed by atoms with E-state index >= 15 is 0 Å². The van der Waals surface area contributed by atoms with Crippen LogP contribution in [0.4, 0.5) is 4.79 Å². The highest BCUT2D eigenvalue weighted by Gasteiger charge is 2.31. The van der Waals surface area contributed by atoms with E-state index in [1.54, 1.807) is 0 Å². The predicted octanol–water partition coefficient (Wildman–Crippen LogP) is 2.01. The van der Waals surface area contributed by atoms with Crippen LogP contribution in [0.25, 0.3) is 0 Å². The van der Waals surface area contributed by atoms with Gasteiger partial charge in [0.1, 0.15) is 0 Å². The number of carbonyl (C=O) groups excluding carboxylic acids is 1. The standard InChI is InChI=1S/C15H23N3O/c1-15(2,3)12-6-4-11(5-7-12)13-10-17-14(19)18(13)9-8-16/h4-7,13H,8-10,16H2,1-3H3,(H,17,19). The number of urea groups is 1. The average Bonchev–Trinajstić information content (AvgIpc) is 2.71. The van der Waals surface area contributed by atoms with Crippen LogP contribution in [0.1, 0.15) is 37.9 Å². The molecule has 1 aliphatic heterocycles. The zero-order chi connectivity index (χ0) is 14.0. The summed E-state index contributed by atoms with van der Waals surface area (Å²) in [5, 5.41) is 2.88. The molecule has 0 saturated carbocycles. The Morgan fingerprint density at radius 1 is 1.32 bits per heavy atom. The fourth-order valence-corrected chi connectivity index (χ4v) is 2.44. The summed E-state index contributed by atoms with van der Waals surface area (Å²) in [7, 11) is 0. The van der Waals surface area contributed by atoms with E-state index in [2.05, 4.69) is 50.4 Å². The van der Waals surface area contributed by atoms with E-state index in [4.69, 9.17) is 5.73 Å². The molecule has 1 atom stereocenters. The van der Waals surface area contributed by atoms with Crippen molar-refractivity contribution in [2.24, 2.45) is 5.73 Å².